The molecular weight excluding hydrogens is 663 g/mol. The van der Waals surface area contributed by atoms with E-state index in [0.717, 1.165) is 10.5 Å². The number of amides is 4. The summed E-state index contributed by atoms with van der Waals surface area (Å²) in [5.41, 5.74) is 2.89. The highest BCUT2D eigenvalue weighted by Gasteiger charge is 2.29. The summed E-state index contributed by atoms with van der Waals surface area (Å²) in [5.74, 6) is -0.739. The number of anilines is 2. The largest absolute Gasteiger partial charge is 0.496 e. The maximum absolute atomic E-state index is 13.7. The number of amidine groups is 1. The van der Waals surface area contributed by atoms with Crippen molar-refractivity contribution in [3.8, 4) is 5.75 Å². The van der Waals surface area contributed by atoms with Crippen molar-refractivity contribution in [3.63, 3.8) is 0 Å². The molecule has 0 fully saturated rings. The van der Waals surface area contributed by atoms with Crippen LogP contribution in [0.5, 0.6) is 5.75 Å². The Morgan fingerprint density at radius 2 is 1.41 bits per heavy atom. The number of para-hydroxylation sites is 2. The second-order valence-electron chi connectivity index (χ2n) is 11.3. The van der Waals surface area contributed by atoms with Crippen LogP contribution in [-0.2, 0) is 14.4 Å². The second-order valence-corrected chi connectivity index (χ2v) is 12.4. The number of nitrogens with zero attached hydrogens (tertiary/aromatic N) is 2. The average Bonchev–Trinajstić information content (AvgIpc) is 3.54. The van der Waals surface area contributed by atoms with Crippen molar-refractivity contribution in [3.05, 3.63) is 162 Å². The van der Waals surface area contributed by atoms with Gasteiger partial charge >= 0.3 is 0 Å². The molecule has 0 saturated heterocycles. The lowest BCUT2D eigenvalue weighted by Crippen LogP contribution is -2.33. The Balaban J connectivity index is 1.18. The highest BCUT2D eigenvalue weighted by molar-refractivity contribution is 8.00. The van der Waals surface area contributed by atoms with Crippen LogP contribution in [0.1, 0.15) is 33.2 Å². The molecule has 6 rings (SSSR count). The molecule has 3 N–H and O–H groups in total. The van der Waals surface area contributed by atoms with Crippen LogP contribution in [0.15, 0.2) is 155 Å². The molecule has 0 radical (unpaired) electrons. The van der Waals surface area contributed by atoms with E-state index in [0.29, 0.717) is 28.3 Å². The van der Waals surface area contributed by atoms with Gasteiger partial charge in [-0.3, -0.25) is 19.2 Å². The summed E-state index contributed by atoms with van der Waals surface area (Å²) in [6, 6.07) is 41.2. The molecule has 10 nitrogen and oxygen atoms in total. The SMILES string of the molecule is COc1ccccc1/C=C(\NC(=O)c1ccccc1)C(=O)Nc1ccc(SC(C(=O)NC2=NN(c3ccccc3)C(=O)C2)c2ccccc2)cc1. The minimum absolute atomic E-state index is 0.0201. The van der Waals surface area contributed by atoms with Crippen molar-refractivity contribution in [1.82, 2.24) is 10.6 Å². The fourth-order valence-corrected chi connectivity index (χ4v) is 6.24. The van der Waals surface area contributed by atoms with Gasteiger partial charge in [0.15, 0.2) is 0 Å². The predicted octanol–water partition coefficient (Wildman–Crippen LogP) is 6.80. The fourth-order valence-electron chi connectivity index (χ4n) is 5.21. The molecule has 0 aliphatic carbocycles. The summed E-state index contributed by atoms with van der Waals surface area (Å²) in [5, 5.41) is 13.4. The normalized spacial score (nSPS) is 13.2. The summed E-state index contributed by atoms with van der Waals surface area (Å²) in [6.07, 6.45) is 1.53. The van der Waals surface area contributed by atoms with Gasteiger partial charge in [0.05, 0.1) is 19.2 Å². The molecule has 0 saturated carbocycles. The zero-order chi connectivity index (χ0) is 35.6. The van der Waals surface area contributed by atoms with E-state index < -0.39 is 17.1 Å². The molecule has 11 heteroatoms. The molecule has 1 aliphatic rings. The van der Waals surface area contributed by atoms with Gasteiger partial charge in [0, 0.05) is 21.7 Å². The third-order valence-electron chi connectivity index (χ3n) is 7.72. The molecule has 254 valence electrons. The van der Waals surface area contributed by atoms with Gasteiger partial charge in [-0.15, -0.1) is 11.8 Å². The number of nitrogens with one attached hydrogen (secondary N) is 3. The van der Waals surface area contributed by atoms with Crippen LogP contribution < -0.4 is 25.7 Å². The summed E-state index contributed by atoms with van der Waals surface area (Å²) >= 11 is 1.32. The number of benzene rings is 5. The van der Waals surface area contributed by atoms with Gasteiger partial charge in [0.1, 0.15) is 22.5 Å². The molecule has 0 bridgehead atoms. The second kappa shape index (κ2) is 16.3. The van der Waals surface area contributed by atoms with Gasteiger partial charge in [-0.25, -0.2) is 0 Å². The molecule has 0 spiro atoms. The van der Waals surface area contributed by atoms with Crippen LogP contribution in [-0.4, -0.2) is 36.6 Å². The number of ether oxygens (including phenoxy) is 1. The Hall–Kier alpha value is -6.46. The first-order valence-corrected chi connectivity index (χ1v) is 16.9. The van der Waals surface area contributed by atoms with Crippen molar-refractivity contribution in [1.29, 1.82) is 0 Å². The highest BCUT2D eigenvalue weighted by Crippen LogP contribution is 2.36. The first-order valence-electron chi connectivity index (χ1n) is 16.0. The van der Waals surface area contributed by atoms with Gasteiger partial charge in [-0.05, 0) is 66.2 Å². The Bertz CT molecular complexity index is 2090. The van der Waals surface area contributed by atoms with E-state index in [1.807, 2.05) is 60.7 Å². The van der Waals surface area contributed by atoms with Crippen LogP contribution in [0.3, 0.4) is 0 Å². The summed E-state index contributed by atoms with van der Waals surface area (Å²) in [4.78, 5) is 53.8. The Kier molecular flexibility index (Phi) is 11.0. The zero-order valence-electron chi connectivity index (χ0n) is 27.5. The molecule has 1 unspecified atom stereocenters. The van der Waals surface area contributed by atoms with E-state index in [2.05, 4.69) is 21.1 Å². The Labute approximate surface area is 299 Å². The topological polar surface area (TPSA) is 129 Å². The Morgan fingerprint density at radius 1 is 0.784 bits per heavy atom. The number of methoxy groups -OCH3 is 1. The monoisotopic (exact) mass is 695 g/mol. The lowest BCUT2D eigenvalue weighted by atomic mass is 10.1. The van der Waals surface area contributed by atoms with E-state index in [9.17, 15) is 19.2 Å². The zero-order valence-corrected chi connectivity index (χ0v) is 28.3. The van der Waals surface area contributed by atoms with Crippen LogP contribution in [0.2, 0.25) is 0 Å². The fraction of sp³-hybridized carbons (Fsp3) is 0.0750. The van der Waals surface area contributed by atoms with Gasteiger partial charge in [-0.2, -0.15) is 10.1 Å². The molecule has 1 heterocycles. The highest BCUT2D eigenvalue weighted by atomic mass is 32.2. The lowest BCUT2D eigenvalue weighted by Gasteiger charge is -2.17. The molecule has 4 amide bonds. The van der Waals surface area contributed by atoms with Crippen LogP contribution in [0.25, 0.3) is 6.08 Å². The third kappa shape index (κ3) is 8.77. The van der Waals surface area contributed by atoms with E-state index in [1.165, 1.54) is 23.9 Å². The number of hydrogen-bond acceptors (Lipinski definition) is 7. The summed E-state index contributed by atoms with van der Waals surface area (Å²) < 4.78 is 5.45. The van der Waals surface area contributed by atoms with Gasteiger partial charge in [0.25, 0.3) is 17.7 Å². The average molecular weight is 696 g/mol. The first-order chi connectivity index (χ1) is 24.9. The smallest absolute Gasteiger partial charge is 0.272 e. The maximum Gasteiger partial charge on any atom is 0.272 e. The molecule has 5 aromatic carbocycles. The predicted molar refractivity (Wildman–Crippen MR) is 199 cm³/mol. The molecular formula is C40H33N5O5S. The minimum atomic E-state index is -0.668. The van der Waals surface area contributed by atoms with E-state index >= 15 is 0 Å². The molecule has 5 aromatic rings. The molecule has 51 heavy (non-hydrogen) atoms. The number of rotatable bonds is 11. The van der Waals surface area contributed by atoms with Gasteiger partial charge < -0.3 is 20.7 Å². The lowest BCUT2D eigenvalue weighted by molar-refractivity contribution is -0.119. The number of thioether (sulfide) groups is 1. The first kappa shape index (κ1) is 34.4. The quantitative estimate of drug-likeness (QED) is 0.103. The summed E-state index contributed by atoms with van der Waals surface area (Å²) in [7, 11) is 1.53. The summed E-state index contributed by atoms with van der Waals surface area (Å²) in [6.45, 7) is 0. The third-order valence-corrected chi connectivity index (χ3v) is 8.98. The standard InChI is InChI=1S/C40H33N5O5S/c1-50-34-20-12-11-17-29(34)25-33(42-38(47)28-15-7-3-8-16-28)39(48)41-30-21-23-32(24-22-30)51-37(27-13-5-2-6-14-27)40(49)43-35-26-36(46)45(44-35)31-18-9-4-10-19-31/h2-25,37H,26H2,1H3,(H,41,48)(H,42,47)(H,43,44,49)/b33-25-. The molecule has 1 aliphatic heterocycles. The van der Waals surface area contributed by atoms with E-state index in [1.54, 1.807) is 84.9 Å². The minimum Gasteiger partial charge on any atom is -0.496 e. The van der Waals surface area contributed by atoms with Crippen molar-refractivity contribution < 1.29 is 23.9 Å². The number of hydrogen-bond donors (Lipinski definition) is 3. The van der Waals surface area contributed by atoms with Crippen molar-refractivity contribution in [2.75, 3.05) is 17.4 Å². The number of hydrazone groups is 1. The molecule has 1 atom stereocenters. The number of carbonyl (C=O) groups excluding carboxylic acids is 4. The van der Waals surface area contributed by atoms with Crippen molar-refractivity contribution in [2.24, 2.45) is 5.10 Å². The van der Waals surface area contributed by atoms with Crippen LogP contribution >= 0.6 is 11.8 Å². The Morgan fingerprint density at radius 3 is 2.10 bits per heavy atom. The van der Waals surface area contributed by atoms with Crippen molar-refractivity contribution >= 4 is 58.7 Å². The van der Waals surface area contributed by atoms with Crippen molar-refractivity contribution in [2.45, 2.75) is 16.6 Å². The van der Waals surface area contributed by atoms with Gasteiger partial charge in [-0.1, -0.05) is 84.9 Å². The van der Waals surface area contributed by atoms with E-state index in [4.69, 9.17) is 4.74 Å². The van der Waals surface area contributed by atoms with Gasteiger partial charge in [0.2, 0.25) is 5.91 Å². The number of carbonyl (C=O) groups is 4. The maximum atomic E-state index is 13.7. The van der Waals surface area contributed by atoms with E-state index in [-0.39, 0.29) is 29.8 Å². The van der Waals surface area contributed by atoms with Crippen LogP contribution in [0.4, 0.5) is 11.4 Å². The molecule has 0 aromatic heterocycles. The van der Waals surface area contributed by atoms with Crippen LogP contribution in [0, 0.1) is 0 Å².